The molecule has 2 aromatic rings. The number of hydrogen-bond acceptors (Lipinski definition) is 3. The minimum absolute atomic E-state index is 0.229. The highest BCUT2D eigenvalue weighted by Gasteiger charge is 2.18. The van der Waals surface area contributed by atoms with Gasteiger partial charge in [0, 0.05) is 19.5 Å². The number of rotatable bonds is 5. The third kappa shape index (κ3) is 3.48. The van der Waals surface area contributed by atoms with Gasteiger partial charge < -0.3 is 0 Å². The highest BCUT2D eigenvalue weighted by Crippen LogP contribution is 2.22. The Labute approximate surface area is 130 Å². The Bertz CT molecular complexity index is 642. The van der Waals surface area contributed by atoms with Crippen LogP contribution >= 0.6 is 15.9 Å². The van der Waals surface area contributed by atoms with Crippen LogP contribution in [0.5, 0.6) is 0 Å². The van der Waals surface area contributed by atoms with E-state index in [4.69, 9.17) is 5.84 Å². The zero-order valence-corrected chi connectivity index (χ0v) is 13.4. The van der Waals surface area contributed by atoms with Crippen LogP contribution in [0, 0.1) is 18.6 Å². The molecule has 0 amide bonds. The van der Waals surface area contributed by atoms with Gasteiger partial charge in [-0.05, 0) is 40.9 Å². The van der Waals surface area contributed by atoms with Gasteiger partial charge in [0.1, 0.15) is 0 Å². The number of nitrogens with zero attached hydrogens (tertiary/aromatic N) is 2. The molecule has 0 bridgehead atoms. The Kier molecular flexibility index (Phi) is 5.08. The van der Waals surface area contributed by atoms with Gasteiger partial charge in [-0.2, -0.15) is 5.10 Å². The Balaban J connectivity index is 2.19. The summed E-state index contributed by atoms with van der Waals surface area (Å²) < 4.78 is 29.6. The van der Waals surface area contributed by atoms with Gasteiger partial charge >= 0.3 is 0 Å². The molecule has 0 spiro atoms. The maximum absolute atomic E-state index is 13.7. The van der Waals surface area contributed by atoms with E-state index < -0.39 is 11.6 Å². The van der Waals surface area contributed by atoms with E-state index in [1.54, 1.807) is 10.7 Å². The molecule has 0 aliphatic heterocycles. The molecule has 1 unspecified atom stereocenters. The second-order valence-electron chi connectivity index (χ2n) is 4.95. The zero-order valence-electron chi connectivity index (χ0n) is 11.8. The molecule has 0 saturated heterocycles. The molecule has 1 aromatic heterocycles. The topological polar surface area (TPSA) is 55.9 Å². The number of nitrogens with two attached hydrogens (primary N) is 1. The van der Waals surface area contributed by atoms with Crippen molar-refractivity contribution >= 4 is 15.9 Å². The summed E-state index contributed by atoms with van der Waals surface area (Å²) in [5, 5.41) is 4.30. The Hall–Kier alpha value is -1.31. The van der Waals surface area contributed by atoms with E-state index in [0.717, 1.165) is 21.9 Å². The van der Waals surface area contributed by atoms with Gasteiger partial charge in [-0.25, -0.2) is 8.78 Å². The Morgan fingerprint density at radius 3 is 2.67 bits per heavy atom. The van der Waals surface area contributed by atoms with E-state index >= 15 is 0 Å². The molecule has 1 aromatic carbocycles. The van der Waals surface area contributed by atoms with E-state index in [0.29, 0.717) is 12.0 Å². The normalized spacial score (nSPS) is 12.7. The lowest BCUT2D eigenvalue weighted by atomic mass is 10.0. The van der Waals surface area contributed by atoms with Crippen molar-refractivity contribution in [3.63, 3.8) is 0 Å². The minimum atomic E-state index is -0.846. The van der Waals surface area contributed by atoms with Crippen molar-refractivity contribution in [3.05, 3.63) is 51.3 Å². The summed E-state index contributed by atoms with van der Waals surface area (Å²) in [4.78, 5) is 0. The summed E-state index contributed by atoms with van der Waals surface area (Å²) in [6, 6.07) is 3.93. The van der Waals surface area contributed by atoms with Crippen LogP contribution in [0.25, 0.3) is 0 Å². The van der Waals surface area contributed by atoms with Gasteiger partial charge in [-0.1, -0.05) is 12.1 Å². The summed E-state index contributed by atoms with van der Waals surface area (Å²) in [5.41, 5.74) is 4.78. The van der Waals surface area contributed by atoms with Gasteiger partial charge in [0.15, 0.2) is 11.6 Å². The number of hydrogen-bond donors (Lipinski definition) is 2. The fourth-order valence-electron chi connectivity index (χ4n) is 2.30. The molecule has 114 valence electrons. The van der Waals surface area contributed by atoms with Crippen molar-refractivity contribution in [1.82, 2.24) is 15.2 Å². The standard InChI is InChI=1S/C14H17BrF2N4/c1-8-13(15)12(21(2)20-8)7-10(19-18)6-9-4-3-5-11(16)14(9)17/h3-5,10,19H,6-7,18H2,1-2H3. The summed E-state index contributed by atoms with van der Waals surface area (Å²) in [6.45, 7) is 1.89. The van der Waals surface area contributed by atoms with Gasteiger partial charge in [0.2, 0.25) is 0 Å². The molecule has 21 heavy (non-hydrogen) atoms. The van der Waals surface area contributed by atoms with Crippen molar-refractivity contribution < 1.29 is 8.78 Å². The molecular weight excluding hydrogens is 342 g/mol. The van der Waals surface area contributed by atoms with E-state index in [-0.39, 0.29) is 12.5 Å². The van der Waals surface area contributed by atoms with Gasteiger partial charge in [-0.15, -0.1) is 0 Å². The Morgan fingerprint density at radius 1 is 1.38 bits per heavy atom. The van der Waals surface area contributed by atoms with Crippen molar-refractivity contribution in [2.45, 2.75) is 25.8 Å². The summed E-state index contributed by atoms with van der Waals surface area (Å²) in [5.74, 6) is 3.88. The van der Waals surface area contributed by atoms with E-state index in [9.17, 15) is 8.78 Å². The SMILES string of the molecule is Cc1nn(C)c(CC(Cc2cccc(F)c2F)NN)c1Br. The second-order valence-corrected chi connectivity index (χ2v) is 5.75. The highest BCUT2D eigenvalue weighted by molar-refractivity contribution is 9.10. The molecule has 0 aliphatic rings. The predicted octanol–water partition coefficient (Wildman–Crippen LogP) is 2.39. The molecule has 1 heterocycles. The summed E-state index contributed by atoms with van der Waals surface area (Å²) in [6.07, 6.45) is 0.834. The van der Waals surface area contributed by atoms with Crippen LogP contribution in [-0.4, -0.2) is 15.8 Å². The van der Waals surface area contributed by atoms with Crippen LogP contribution in [0.3, 0.4) is 0 Å². The van der Waals surface area contributed by atoms with Crippen LogP contribution in [0.1, 0.15) is 17.0 Å². The number of hydrazine groups is 1. The maximum atomic E-state index is 13.7. The summed E-state index contributed by atoms with van der Waals surface area (Å²) >= 11 is 3.48. The molecule has 2 rings (SSSR count). The third-order valence-electron chi connectivity index (χ3n) is 3.43. The molecule has 0 radical (unpaired) electrons. The number of aromatic nitrogens is 2. The molecule has 1 atom stereocenters. The monoisotopic (exact) mass is 358 g/mol. The maximum Gasteiger partial charge on any atom is 0.162 e. The van der Waals surface area contributed by atoms with Crippen LogP contribution in [0.2, 0.25) is 0 Å². The minimum Gasteiger partial charge on any atom is -0.271 e. The van der Waals surface area contributed by atoms with Gasteiger partial charge in [0.25, 0.3) is 0 Å². The first kappa shape index (κ1) is 16.1. The van der Waals surface area contributed by atoms with E-state index in [1.807, 2.05) is 14.0 Å². The first-order chi connectivity index (χ1) is 9.93. The molecule has 3 N–H and O–H groups in total. The lowest BCUT2D eigenvalue weighted by Gasteiger charge is -2.17. The molecular formula is C14H17BrF2N4. The van der Waals surface area contributed by atoms with E-state index in [1.165, 1.54) is 6.07 Å². The average Bonchev–Trinajstić information content (AvgIpc) is 2.69. The molecule has 0 fully saturated rings. The van der Waals surface area contributed by atoms with Crippen LogP contribution in [0.15, 0.2) is 22.7 Å². The largest absolute Gasteiger partial charge is 0.271 e. The molecule has 0 aliphatic carbocycles. The van der Waals surface area contributed by atoms with Crippen LogP contribution in [0.4, 0.5) is 8.78 Å². The first-order valence-electron chi connectivity index (χ1n) is 6.51. The number of benzene rings is 1. The van der Waals surface area contributed by atoms with Crippen LogP contribution < -0.4 is 11.3 Å². The van der Waals surface area contributed by atoms with Crippen LogP contribution in [-0.2, 0) is 19.9 Å². The van der Waals surface area contributed by atoms with E-state index in [2.05, 4.69) is 26.5 Å². The number of aryl methyl sites for hydroxylation is 2. The fraction of sp³-hybridized carbons (Fsp3) is 0.357. The lowest BCUT2D eigenvalue weighted by Crippen LogP contribution is -2.39. The number of halogens is 3. The summed E-state index contributed by atoms with van der Waals surface area (Å²) in [7, 11) is 1.84. The smallest absolute Gasteiger partial charge is 0.162 e. The molecule has 4 nitrogen and oxygen atoms in total. The molecule has 7 heteroatoms. The van der Waals surface area contributed by atoms with Gasteiger partial charge in [0.05, 0.1) is 15.9 Å². The lowest BCUT2D eigenvalue weighted by molar-refractivity contribution is 0.468. The second kappa shape index (κ2) is 6.64. The zero-order chi connectivity index (χ0) is 15.6. The Morgan fingerprint density at radius 2 is 2.10 bits per heavy atom. The highest BCUT2D eigenvalue weighted by atomic mass is 79.9. The third-order valence-corrected chi connectivity index (χ3v) is 4.47. The predicted molar refractivity (Wildman–Crippen MR) is 80.5 cm³/mol. The van der Waals surface area contributed by atoms with Crippen molar-refractivity contribution in [3.8, 4) is 0 Å². The van der Waals surface area contributed by atoms with Gasteiger partial charge in [-0.3, -0.25) is 16.0 Å². The fourth-order valence-corrected chi connectivity index (χ4v) is 2.79. The van der Waals surface area contributed by atoms with Crippen molar-refractivity contribution in [2.24, 2.45) is 12.9 Å². The molecule has 0 saturated carbocycles. The first-order valence-corrected chi connectivity index (χ1v) is 7.30. The average molecular weight is 359 g/mol. The van der Waals surface area contributed by atoms with Crippen molar-refractivity contribution in [1.29, 1.82) is 0 Å². The van der Waals surface area contributed by atoms with Crippen molar-refractivity contribution in [2.75, 3.05) is 0 Å². The quantitative estimate of drug-likeness (QED) is 0.637. The number of nitrogens with one attached hydrogen (secondary N) is 1.